The maximum Gasteiger partial charge on any atom is 0.326 e. The number of hydrogen-bond acceptors (Lipinski definition) is 6. The third-order valence-corrected chi connectivity index (χ3v) is 5.11. The summed E-state index contributed by atoms with van der Waals surface area (Å²) in [5.41, 5.74) is 3.09. The molecule has 33 heavy (non-hydrogen) atoms. The van der Waals surface area contributed by atoms with Gasteiger partial charge in [-0.05, 0) is 61.7 Å². The van der Waals surface area contributed by atoms with Gasteiger partial charge in [0.1, 0.15) is 11.9 Å². The summed E-state index contributed by atoms with van der Waals surface area (Å²) in [5.74, 6) is -2.47. The first kappa shape index (κ1) is 23.5. The van der Waals surface area contributed by atoms with Crippen molar-refractivity contribution in [2.24, 2.45) is 0 Å². The van der Waals surface area contributed by atoms with E-state index >= 15 is 0 Å². The molecule has 0 radical (unpaired) electrons. The number of anilines is 1. The van der Waals surface area contributed by atoms with Crippen molar-refractivity contribution in [1.82, 2.24) is 15.3 Å². The van der Waals surface area contributed by atoms with E-state index in [4.69, 9.17) is 5.11 Å². The predicted octanol–water partition coefficient (Wildman–Crippen LogP) is 2.20. The van der Waals surface area contributed by atoms with E-state index < -0.39 is 23.9 Å². The van der Waals surface area contributed by atoms with Crippen LogP contribution in [0.25, 0.3) is 10.9 Å². The van der Waals surface area contributed by atoms with Crippen LogP contribution in [0.5, 0.6) is 0 Å². The highest BCUT2D eigenvalue weighted by Crippen LogP contribution is 2.19. The SMILES string of the molecule is Cc1nc2ccc(CNc3ccc(C(=O)NC(CCC(=O)O)C(=O)O)cc3C)cc2c(=O)[nH]1. The van der Waals surface area contributed by atoms with E-state index in [0.717, 1.165) is 16.8 Å². The molecule has 0 saturated heterocycles. The van der Waals surface area contributed by atoms with Crippen molar-refractivity contribution in [3.05, 3.63) is 69.3 Å². The first-order chi connectivity index (χ1) is 15.6. The van der Waals surface area contributed by atoms with Crippen LogP contribution in [0, 0.1) is 13.8 Å². The Morgan fingerprint density at radius 3 is 2.52 bits per heavy atom. The summed E-state index contributed by atoms with van der Waals surface area (Å²) in [6.07, 6.45) is -0.575. The third kappa shape index (κ3) is 5.94. The van der Waals surface area contributed by atoms with Gasteiger partial charge < -0.3 is 25.8 Å². The molecule has 0 aliphatic carbocycles. The highest BCUT2D eigenvalue weighted by Gasteiger charge is 2.21. The Labute approximate surface area is 188 Å². The molecule has 10 heteroatoms. The van der Waals surface area contributed by atoms with E-state index in [2.05, 4.69) is 20.6 Å². The van der Waals surface area contributed by atoms with Gasteiger partial charge in [0, 0.05) is 24.2 Å². The predicted molar refractivity (Wildman–Crippen MR) is 121 cm³/mol. The number of carboxylic acid groups (broad SMARTS) is 2. The standard InChI is InChI=1S/C23H24N4O6/c1-12-9-15(21(30)27-19(23(32)33)7-8-20(28)29)4-6-17(12)24-11-14-3-5-18-16(10-14)22(31)26-13(2)25-18/h3-6,9-10,19,24H,7-8,11H2,1-2H3,(H,27,30)(H,28,29)(H,32,33)(H,25,26,31). The molecule has 1 atom stereocenters. The van der Waals surface area contributed by atoms with Crippen molar-refractivity contribution in [1.29, 1.82) is 0 Å². The number of benzene rings is 2. The lowest BCUT2D eigenvalue weighted by Gasteiger charge is -2.15. The average Bonchev–Trinajstić information content (AvgIpc) is 2.75. The van der Waals surface area contributed by atoms with Gasteiger partial charge in [0.25, 0.3) is 11.5 Å². The summed E-state index contributed by atoms with van der Waals surface area (Å²) < 4.78 is 0. The van der Waals surface area contributed by atoms with Crippen LogP contribution in [0.2, 0.25) is 0 Å². The number of aromatic nitrogens is 2. The number of aliphatic carboxylic acids is 2. The molecule has 172 valence electrons. The number of carbonyl (C=O) groups is 3. The van der Waals surface area contributed by atoms with Crippen molar-refractivity contribution in [3.8, 4) is 0 Å². The highest BCUT2D eigenvalue weighted by molar-refractivity contribution is 5.97. The Bertz CT molecular complexity index is 1280. The van der Waals surface area contributed by atoms with Gasteiger partial charge in [0.15, 0.2) is 0 Å². The maximum absolute atomic E-state index is 12.4. The first-order valence-electron chi connectivity index (χ1n) is 10.2. The van der Waals surface area contributed by atoms with Gasteiger partial charge in [0.05, 0.1) is 10.9 Å². The van der Waals surface area contributed by atoms with Gasteiger partial charge >= 0.3 is 11.9 Å². The van der Waals surface area contributed by atoms with Crippen LogP contribution < -0.4 is 16.2 Å². The van der Waals surface area contributed by atoms with Gasteiger partial charge in [-0.3, -0.25) is 14.4 Å². The minimum Gasteiger partial charge on any atom is -0.481 e. The fraction of sp³-hybridized carbons (Fsp3) is 0.261. The van der Waals surface area contributed by atoms with Crippen molar-refractivity contribution >= 4 is 34.4 Å². The number of nitrogens with zero attached hydrogens (tertiary/aromatic N) is 1. The Hall–Kier alpha value is -4.21. The van der Waals surface area contributed by atoms with Crippen molar-refractivity contribution in [2.45, 2.75) is 39.3 Å². The topological polar surface area (TPSA) is 161 Å². The van der Waals surface area contributed by atoms with Crippen LogP contribution in [0.3, 0.4) is 0 Å². The lowest BCUT2D eigenvalue weighted by atomic mass is 10.1. The lowest BCUT2D eigenvalue weighted by molar-refractivity contribution is -0.140. The molecule has 0 fully saturated rings. The number of rotatable bonds is 9. The molecule has 5 N–H and O–H groups in total. The number of H-pyrrole nitrogens is 1. The minimum absolute atomic E-state index is 0.200. The molecule has 0 aliphatic rings. The number of aryl methyl sites for hydroxylation is 2. The lowest BCUT2D eigenvalue weighted by Crippen LogP contribution is -2.41. The molecule has 1 unspecified atom stereocenters. The number of aromatic amines is 1. The number of amides is 1. The molecule has 3 aromatic rings. The van der Waals surface area contributed by atoms with Crippen LogP contribution in [0.4, 0.5) is 5.69 Å². The van der Waals surface area contributed by atoms with Crippen LogP contribution in [0.1, 0.15) is 40.2 Å². The summed E-state index contributed by atoms with van der Waals surface area (Å²) in [6, 6.07) is 9.02. The van der Waals surface area contributed by atoms with Gasteiger partial charge in [-0.1, -0.05) is 6.07 Å². The Balaban J connectivity index is 1.68. The van der Waals surface area contributed by atoms with Crippen LogP contribution in [-0.4, -0.2) is 44.1 Å². The van der Waals surface area contributed by atoms with Crippen LogP contribution in [0.15, 0.2) is 41.2 Å². The fourth-order valence-electron chi connectivity index (χ4n) is 3.38. The van der Waals surface area contributed by atoms with Crippen molar-refractivity contribution < 1.29 is 24.6 Å². The number of carbonyl (C=O) groups excluding carboxylic acids is 1. The molecular weight excluding hydrogens is 428 g/mol. The van der Waals surface area contributed by atoms with Gasteiger partial charge in [-0.25, -0.2) is 9.78 Å². The van der Waals surface area contributed by atoms with Crippen molar-refractivity contribution in [2.75, 3.05) is 5.32 Å². The van der Waals surface area contributed by atoms with E-state index in [0.29, 0.717) is 23.3 Å². The zero-order valence-corrected chi connectivity index (χ0v) is 18.1. The smallest absolute Gasteiger partial charge is 0.326 e. The number of nitrogens with one attached hydrogen (secondary N) is 3. The second kappa shape index (κ2) is 9.94. The normalized spacial score (nSPS) is 11.7. The zero-order valence-electron chi connectivity index (χ0n) is 18.1. The van der Waals surface area contributed by atoms with Gasteiger partial charge in [-0.15, -0.1) is 0 Å². The van der Waals surface area contributed by atoms with E-state index in [1.807, 2.05) is 6.07 Å². The zero-order chi connectivity index (χ0) is 24.1. The fourth-order valence-corrected chi connectivity index (χ4v) is 3.38. The first-order valence-corrected chi connectivity index (χ1v) is 10.2. The average molecular weight is 452 g/mol. The molecule has 0 saturated carbocycles. The highest BCUT2D eigenvalue weighted by atomic mass is 16.4. The van der Waals surface area contributed by atoms with E-state index in [1.54, 1.807) is 44.2 Å². The van der Waals surface area contributed by atoms with E-state index in [-0.39, 0.29) is 24.0 Å². The summed E-state index contributed by atoms with van der Waals surface area (Å²) in [7, 11) is 0. The third-order valence-electron chi connectivity index (χ3n) is 5.11. The molecule has 10 nitrogen and oxygen atoms in total. The molecule has 1 amide bonds. The molecule has 3 rings (SSSR count). The number of fused-ring (bicyclic) bond motifs is 1. The summed E-state index contributed by atoms with van der Waals surface area (Å²) in [4.78, 5) is 53.6. The van der Waals surface area contributed by atoms with Crippen LogP contribution in [-0.2, 0) is 16.1 Å². The summed E-state index contributed by atoms with van der Waals surface area (Å²) in [5, 5.41) is 24.1. The Kier molecular flexibility index (Phi) is 7.07. The number of carboxylic acids is 2. The summed E-state index contributed by atoms with van der Waals surface area (Å²) in [6.45, 7) is 3.96. The Morgan fingerprint density at radius 2 is 1.85 bits per heavy atom. The second-order valence-electron chi connectivity index (χ2n) is 7.68. The molecular formula is C23H24N4O6. The summed E-state index contributed by atoms with van der Waals surface area (Å²) >= 11 is 0. The molecule has 0 bridgehead atoms. The van der Waals surface area contributed by atoms with Gasteiger partial charge in [-0.2, -0.15) is 0 Å². The molecule has 0 spiro atoms. The monoisotopic (exact) mass is 452 g/mol. The Morgan fingerprint density at radius 1 is 1.09 bits per heavy atom. The van der Waals surface area contributed by atoms with E-state index in [1.165, 1.54) is 0 Å². The number of hydrogen-bond donors (Lipinski definition) is 5. The quantitative estimate of drug-likeness (QED) is 0.330. The van der Waals surface area contributed by atoms with Gasteiger partial charge in [0.2, 0.25) is 0 Å². The molecule has 0 aliphatic heterocycles. The maximum atomic E-state index is 12.4. The van der Waals surface area contributed by atoms with Crippen molar-refractivity contribution in [3.63, 3.8) is 0 Å². The van der Waals surface area contributed by atoms with Crippen LogP contribution >= 0.6 is 0 Å². The minimum atomic E-state index is -1.29. The molecule has 2 aromatic carbocycles. The molecule has 1 aromatic heterocycles. The second-order valence-corrected chi connectivity index (χ2v) is 7.68. The molecule has 1 heterocycles. The van der Waals surface area contributed by atoms with E-state index in [9.17, 15) is 24.3 Å². The largest absolute Gasteiger partial charge is 0.481 e.